The van der Waals surface area contributed by atoms with Crippen LogP contribution in [0.4, 0.5) is 29.0 Å². The number of nitrogens with one attached hydrogen (secondary N) is 2. The van der Waals surface area contributed by atoms with Gasteiger partial charge in [0.05, 0.1) is 28.3 Å². The highest BCUT2D eigenvalue weighted by Crippen LogP contribution is 2.41. The number of aromatic nitrogens is 7. The van der Waals surface area contributed by atoms with Gasteiger partial charge in [-0.2, -0.15) is 15.1 Å². The third-order valence-corrected chi connectivity index (χ3v) is 9.32. The fourth-order valence-electron chi connectivity index (χ4n) is 5.40. The Balaban J connectivity index is 1.40. The zero-order chi connectivity index (χ0) is 30.2. The number of hydrogen-bond donors (Lipinski definition) is 2. The smallest absolute Gasteiger partial charge is 0.239 e. The predicted octanol–water partition coefficient (Wildman–Crippen LogP) is 6.00. The minimum Gasteiger partial charge on any atom is -0.476 e. The maximum Gasteiger partial charge on any atom is 0.239 e. The van der Waals surface area contributed by atoms with Crippen LogP contribution in [-0.2, 0) is 13.5 Å². The molecule has 0 amide bonds. The van der Waals surface area contributed by atoms with Gasteiger partial charge in [0.1, 0.15) is 17.3 Å². The molecular formula is C30H34BrN10OP. The van der Waals surface area contributed by atoms with Crippen molar-refractivity contribution in [3.8, 4) is 17.0 Å². The average Bonchev–Trinajstić information content (AvgIpc) is 3.26. The first-order valence-electron chi connectivity index (χ1n) is 14.2. The SMILES string of the molecule is CCOc1nc2c(cc1Nc1ncc(Br)c(Nc3ccc4nccnc4c3P(C)C)n1)-c1cnn(C)c1CCN2C(C)C. The number of halogens is 1. The highest BCUT2D eigenvalue weighted by molar-refractivity contribution is 9.10. The third kappa shape index (κ3) is 5.61. The Hall–Kier alpha value is -3.89. The van der Waals surface area contributed by atoms with Crippen LogP contribution >= 0.6 is 23.9 Å². The van der Waals surface area contributed by atoms with Crippen molar-refractivity contribution in [1.82, 2.24) is 34.7 Å². The van der Waals surface area contributed by atoms with Gasteiger partial charge in [-0.05, 0) is 68.2 Å². The van der Waals surface area contributed by atoms with Crippen molar-refractivity contribution >= 4 is 69.1 Å². The summed E-state index contributed by atoms with van der Waals surface area (Å²) in [6, 6.07) is 6.35. The number of benzene rings is 1. The summed E-state index contributed by atoms with van der Waals surface area (Å²) in [6.07, 6.45) is 7.98. The highest BCUT2D eigenvalue weighted by atomic mass is 79.9. The Bertz CT molecular complexity index is 1810. The first-order valence-corrected chi connectivity index (χ1v) is 17.2. The summed E-state index contributed by atoms with van der Waals surface area (Å²) in [5, 5.41) is 12.6. The van der Waals surface area contributed by atoms with E-state index in [1.807, 2.05) is 37.0 Å². The van der Waals surface area contributed by atoms with Gasteiger partial charge in [-0.25, -0.2) is 4.98 Å². The first-order chi connectivity index (χ1) is 20.7. The minimum atomic E-state index is -0.488. The average molecular weight is 662 g/mol. The van der Waals surface area contributed by atoms with Gasteiger partial charge in [0, 0.05) is 72.5 Å². The lowest BCUT2D eigenvalue weighted by atomic mass is 10.1. The lowest BCUT2D eigenvalue weighted by Crippen LogP contribution is -2.33. The van der Waals surface area contributed by atoms with Crippen molar-refractivity contribution in [3.05, 3.63) is 53.2 Å². The second kappa shape index (κ2) is 12.0. The van der Waals surface area contributed by atoms with Crippen LogP contribution in [-0.4, -0.2) is 67.2 Å². The van der Waals surface area contributed by atoms with Gasteiger partial charge >= 0.3 is 0 Å². The molecule has 222 valence electrons. The molecule has 0 aliphatic carbocycles. The number of ether oxygens (including phenoxy) is 1. The molecule has 1 aromatic carbocycles. The maximum atomic E-state index is 6.06. The lowest BCUT2D eigenvalue weighted by Gasteiger charge is -2.28. The molecule has 0 saturated heterocycles. The molecule has 2 N–H and O–H groups in total. The van der Waals surface area contributed by atoms with Crippen LogP contribution in [0, 0.1) is 0 Å². The molecule has 0 atom stereocenters. The number of aryl methyl sites for hydroxylation is 1. The van der Waals surface area contributed by atoms with E-state index in [9.17, 15) is 0 Å². The van der Waals surface area contributed by atoms with E-state index in [2.05, 4.69) is 84.8 Å². The molecule has 0 spiro atoms. The molecule has 0 saturated carbocycles. The zero-order valence-corrected chi connectivity index (χ0v) is 27.5. The van der Waals surface area contributed by atoms with Crippen LogP contribution in [0.25, 0.3) is 22.2 Å². The molecule has 0 radical (unpaired) electrons. The van der Waals surface area contributed by atoms with Crippen LogP contribution in [0.2, 0.25) is 0 Å². The van der Waals surface area contributed by atoms with Gasteiger partial charge in [0.25, 0.3) is 0 Å². The molecule has 5 aromatic rings. The lowest BCUT2D eigenvalue weighted by molar-refractivity contribution is 0.328. The standard InChI is InChI=1S/C30H34BrN10OP/c1-7-42-29-23(14-18-19-15-35-40(4)24(19)10-13-41(17(2)3)28(18)39-29)37-30-34-16-20(31)27(38-30)36-22-9-8-21-25(26(22)43(5)6)33-12-11-32-21/h8-9,11-12,14-17H,7,10,13H2,1-6H3,(H2,34,36,37,38). The maximum absolute atomic E-state index is 6.06. The van der Waals surface area contributed by atoms with E-state index in [-0.39, 0.29) is 6.04 Å². The highest BCUT2D eigenvalue weighted by Gasteiger charge is 2.28. The van der Waals surface area contributed by atoms with Crippen molar-refractivity contribution in [2.24, 2.45) is 7.05 Å². The monoisotopic (exact) mass is 660 g/mol. The third-order valence-electron chi connectivity index (χ3n) is 7.39. The molecule has 5 heterocycles. The van der Waals surface area contributed by atoms with Gasteiger partial charge < -0.3 is 20.3 Å². The predicted molar refractivity (Wildman–Crippen MR) is 178 cm³/mol. The van der Waals surface area contributed by atoms with Gasteiger partial charge in [-0.3, -0.25) is 14.6 Å². The number of pyridine rings is 1. The molecular weight excluding hydrogens is 627 g/mol. The minimum absolute atomic E-state index is 0.267. The first kappa shape index (κ1) is 29.2. The fraction of sp³-hybridized carbons (Fsp3) is 0.333. The molecule has 43 heavy (non-hydrogen) atoms. The van der Waals surface area contributed by atoms with Gasteiger partial charge in [-0.15, -0.1) is 0 Å². The van der Waals surface area contributed by atoms with E-state index in [0.717, 1.165) is 56.4 Å². The van der Waals surface area contributed by atoms with Crippen LogP contribution < -0.4 is 25.6 Å². The number of hydrogen-bond acceptors (Lipinski definition) is 10. The summed E-state index contributed by atoms with van der Waals surface area (Å²) in [5.74, 6) is 2.42. The second-order valence-corrected chi connectivity index (χ2v) is 13.8. The quantitative estimate of drug-likeness (QED) is 0.192. The van der Waals surface area contributed by atoms with Gasteiger partial charge in [0.2, 0.25) is 11.8 Å². The summed E-state index contributed by atoms with van der Waals surface area (Å²) in [4.78, 5) is 25.9. The van der Waals surface area contributed by atoms with Crippen LogP contribution in [0.1, 0.15) is 26.5 Å². The van der Waals surface area contributed by atoms with E-state index in [0.29, 0.717) is 29.9 Å². The number of fused-ring (bicyclic) bond motifs is 4. The van der Waals surface area contributed by atoms with Crippen LogP contribution in [0.5, 0.6) is 5.88 Å². The Labute approximate surface area is 260 Å². The van der Waals surface area contributed by atoms with E-state index in [1.165, 1.54) is 5.69 Å². The summed E-state index contributed by atoms with van der Waals surface area (Å²) in [5.41, 5.74) is 6.63. The molecule has 13 heteroatoms. The largest absolute Gasteiger partial charge is 0.476 e. The van der Waals surface area contributed by atoms with Crippen LogP contribution in [0.15, 0.2) is 47.5 Å². The van der Waals surface area contributed by atoms with Gasteiger partial charge in [0.15, 0.2) is 0 Å². The Morgan fingerprint density at radius 3 is 2.60 bits per heavy atom. The van der Waals surface area contributed by atoms with Crippen molar-refractivity contribution in [3.63, 3.8) is 0 Å². The van der Waals surface area contributed by atoms with E-state index >= 15 is 0 Å². The molecule has 0 unspecified atom stereocenters. The molecule has 6 rings (SSSR count). The van der Waals surface area contributed by atoms with Crippen molar-refractivity contribution in [2.75, 3.05) is 42.0 Å². The molecule has 11 nitrogen and oxygen atoms in total. The number of rotatable bonds is 8. The summed E-state index contributed by atoms with van der Waals surface area (Å²) in [6.45, 7) is 12.1. The Morgan fingerprint density at radius 1 is 1.02 bits per heavy atom. The summed E-state index contributed by atoms with van der Waals surface area (Å²) < 4.78 is 8.74. The van der Waals surface area contributed by atoms with Crippen molar-refractivity contribution in [2.45, 2.75) is 33.2 Å². The molecule has 1 aliphatic rings. The van der Waals surface area contributed by atoms with E-state index in [4.69, 9.17) is 14.7 Å². The Morgan fingerprint density at radius 2 is 1.84 bits per heavy atom. The molecule has 1 aliphatic heterocycles. The number of nitrogens with zero attached hydrogens (tertiary/aromatic N) is 8. The normalized spacial score (nSPS) is 12.8. The molecule has 0 fully saturated rings. The van der Waals surface area contributed by atoms with E-state index < -0.39 is 7.92 Å². The zero-order valence-electron chi connectivity index (χ0n) is 25.1. The van der Waals surface area contributed by atoms with Gasteiger partial charge in [-0.1, -0.05) is 7.92 Å². The number of anilines is 5. The summed E-state index contributed by atoms with van der Waals surface area (Å²) >= 11 is 3.63. The fourth-order valence-corrected chi connectivity index (χ4v) is 6.90. The van der Waals surface area contributed by atoms with Crippen LogP contribution in [0.3, 0.4) is 0 Å². The topological polar surface area (TPSA) is 119 Å². The summed E-state index contributed by atoms with van der Waals surface area (Å²) in [7, 11) is 1.50. The van der Waals surface area contributed by atoms with Crippen molar-refractivity contribution in [1.29, 1.82) is 0 Å². The second-order valence-electron chi connectivity index (χ2n) is 10.7. The molecule has 4 aromatic heterocycles. The molecule has 0 bridgehead atoms. The van der Waals surface area contributed by atoms with Crippen molar-refractivity contribution < 1.29 is 4.74 Å². The Kier molecular flexibility index (Phi) is 8.15. The van der Waals surface area contributed by atoms with E-state index in [1.54, 1.807) is 18.6 Å².